The number of aliphatic hydroxyl groups is 1. The predicted molar refractivity (Wildman–Crippen MR) is 112 cm³/mol. The van der Waals surface area contributed by atoms with E-state index in [1.165, 1.54) is 5.39 Å². The number of fused-ring (bicyclic) bond motifs is 1. The highest BCUT2D eigenvalue weighted by Gasteiger charge is 2.20. The molecule has 0 radical (unpaired) electrons. The molecular weight excluding hydrogens is 354 g/mol. The normalized spacial score (nSPS) is 16.6. The second-order valence-corrected chi connectivity index (χ2v) is 7.14. The molecule has 1 aliphatic rings. The lowest BCUT2D eigenvalue weighted by molar-refractivity contribution is -0.122. The number of rotatable bonds is 9. The third kappa shape index (κ3) is 6.05. The average molecular weight is 383 g/mol. The Kier molecular flexibility index (Phi) is 7.42. The Bertz CT molecular complexity index is 787. The van der Waals surface area contributed by atoms with Crippen LogP contribution >= 0.6 is 0 Å². The summed E-state index contributed by atoms with van der Waals surface area (Å²) in [5, 5.41) is 15.4. The topological polar surface area (TPSA) is 65.0 Å². The molecule has 0 aromatic heterocycles. The molecule has 0 bridgehead atoms. The van der Waals surface area contributed by atoms with E-state index in [0.29, 0.717) is 19.6 Å². The van der Waals surface area contributed by atoms with Crippen LogP contribution in [-0.2, 0) is 4.79 Å². The summed E-state index contributed by atoms with van der Waals surface area (Å²) in [5.74, 6) is 0.797. The fraction of sp³-hybridized carbons (Fsp3) is 0.409. The first-order valence-corrected chi connectivity index (χ1v) is 9.76. The van der Waals surface area contributed by atoms with Crippen molar-refractivity contribution in [3.8, 4) is 5.75 Å². The zero-order valence-corrected chi connectivity index (χ0v) is 16.2. The monoisotopic (exact) mass is 383 g/mol. The number of carbonyl (C=O) groups is 1. The van der Waals surface area contributed by atoms with Crippen molar-refractivity contribution < 1.29 is 14.6 Å². The molecule has 1 heterocycles. The van der Waals surface area contributed by atoms with E-state index in [-0.39, 0.29) is 12.5 Å². The van der Waals surface area contributed by atoms with Gasteiger partial charge in [0.1, 0.15) is 18.5 Å². The van der Waals surface area contributed by atoms with Crippen LogP contribution in [-0.4, -0.2) is 79.3 Å². The van der Waals surface area contributed by atoms with Crippen molar-refractivity contribution in [1.29, 1.82) is 0 Å². The number of carbonyl (C=O) groups excluding carboxylic acids is 1. The van der Waals surface area contributed by atoms with Crippen LogP contribution in [0.4, 0.5) is 0 Å². The van der Waals surface area contributed by atoms with Crippen LogP contribution in [0.2, 0.25) is 0 Å². The smallest absolute Gasteiger partial charge is 0.234 e. The van der Waals surface area contributed by atoms with Gasteiger partial charge in [0.05, 0.1) is 6.54 Å². The van der Waals surface area contributed by atoms with Crippen molar-refractivity contribution >= 4 is 16.7 Å². The molecule has 2 aromatic rings. The zero-order valence-electron chi connectivity index (χ0n) is 16.2. The molecule has 1 atom stereocenters. The van der Waals surface area contributed by atoms with Crippen LogP contribution in [0.1, 0.15) is 0 Å². The quantitative estimate of drug-likeness (QED) is 0.643. The molecule has 1 unspecified atom stereocenters. The lowest BCUT2D eigenvalue weighted by Crippen LogP contribution is -2.51. The van der Waals surface area contributed by atoms with Gasteiger partial charge < -0.3 is 15.2 Å². The molecule has 1 amide bonds. The molecule has 1 saturated heterocycles. The van der Waals surface area contributed by atoms with Gasteiger partial charge in [-0.1, -0.05) is 36.4 Å². The summed E-state index contributed by atoms with van der Waals surface area (Å²) in [6, 6.07) is 14.1. The number of hydrogen-bond acceptors (Lipinski definition) is 5. The van der Waals surface area contributed by atoms with Gasteiger partial charge in [0.25, 0.3) is 0 Å². The van der Waals surface area contributed by atoms with Crippen LogP contribution in [0.5, 0.6) is 5.75 Å². The van der Waals surface area contributed by atoms with Gasteiger partial charge in [-0.3, -0.25) is 14.6 Å². The molecule has 1 aliphatic heterocycles. The van der Waals surface area contributed by atoms with Gasteiger partial charge in [0.2, 0.25) is 5.91 Å². The molecule has 0 saturated carbocycles. The summed E-state index contributed by atoms with van der Waals surface area (Å²) in [6.45, 7) is 8.66. The standard InChI is InChI=1S/C22H29N3O3/c1-2-9-23-22(27)16-25-12-10-24(11-13-25)15-20(26)17-28-21-8-7-18-5-3-4-6-19(18)14-21/h2-8,14,20,26H,1,9-13,15-17H2,(H,23,27). The summed E-state index contributed by atoms with van der Waals surface area (Å²) in [5.41, 5.74) is 0. The third-order valence-corrected chi connectivity index (χ3v) is 4.91. The second kappa shape index (κ2) is 10.2. The molecule has 150 valence electrons. The molecule has 6 heteroatoms. The minimum atomic E-state index is -0.547. The fourth-order valence-corrected chi connectivity index (χ4v) is 3.38. The van der Waals surface area contributed by atoms with Gasteiger partial charge >= 0.3 is 0 Å². The van der Waals surface area contributed by atoms with Crippen LogP contribution < -0.4 is 10.1 Å². The maximum absolute atomic E-state index is 11.8. The highest BCUT2D eigenvalue weighted by Crippen LogP contribution is 2.20. The van der Waals surface area contributed by atoms with Crippen molar-refractivity contribution in [3.63, 3.8) is 0 Å². The molecular formula is C22H29N3O3. The molecule has 6 nitrogen and oxygen atoms in total. The minimum Gasteiger partial charge on any atom is -0.491 e. The highest BCUT2D eigenvalue weighted by molar-refractivity contribution is 5.83. The van der Waals surface area contributed by atoms with Crippen LogP contribution in [0.25, 0.3) is 10.8 Å². The summed E-state index contributed by atoms with van der Waals surface area (Å²) in [6.07, 6.45) is 1.13. The number of nitrogens with one attached hydrogen (secondary N) is 1. The Labute approximate surface area is 166 Å². The molecule has 2 aromatic carbocycles. The predicted octanol–water partition coefficient (Wildman–Crippen LogP) is 1.50. The van der Waals surface area contributed by atoms with Gasteiger partial charge in [0, 0.05) is 39.3 Å². The van der Waals surface area contributed by atoms with Crippen LogP contribution in [0.3, 0.4) is 0 Å². The fourth-order valence-electron chi connectivity index (χ4n) is 3.38. The van der Waals surface area contributed by atoms with Gasteiger partial charge in [0.15, 0.2) is 0 Å². The first-order valence-electron chi connectivity index (χ1n) is 9.76. The number of benzene rings is 2. The molecule has 0 spiro atoms. The third-order valence-electron chi connectivity index (χ3n) is 4.91. The SMILES string of the molecule is C=CCNC(=O)CN1CCN(CC(O)COc2ccc3ccccc3c2)CC1. The average Bonchev–Trinajstić information content (AvgIpc) is 2.72. The number of aliphatic hydroxyl groups excluding tert-OH is 1. The van der Waals surface area contributed by atoms with E-state index in [2.05, 4.69) is 33.8 Å². The minimum absolute atomic E-state index is 0.0252. The maximum atomic E-state index is 11.8. The van der Waals surface area contributed by atoms with Crippen molar-refractivity contribution in [2.75, 3.05) is 52.4 Å². The van der Waals surface area contributed by atoms with Crippen molar-refractivity contribution in [2.45, 2.75) is 6.10 Å². The van der Waals surface area contributed by atoms with Gasteiger partial charge in [-0.15, -0.1) is 6.58 Å². The van der Waals surface area contributed by atoms with E-state index in [4.69, 9.17) is 4.74 Å². The number of hydrogen-bond donors (Lipinski definition) is 2. The first-order chi connectivity index (χ1) is 13.6. The van der Waals surface area contributed by atoms with Crippen molar-refractivity contribution in [2.24, 2.45) is 0 Å². The van der Waals surface area contributed by atoms with Crippen molar-refractivity contribution in [1.82, 2.24) is 15.1 Å². The van der Waals surface area contributed by atoms with Crippen LogP contribution in [0.15, 0.2) is 55.1 Å². The van der Waals surface area contributed by atoms with Crippen LogP contribution in [0, 0.1) is 0 Å². The molecule has 0 aliphatic carbocycles. The Morgan fingerprint density at radius 3 is 2.61 bits per heavy atom. The summed E-state index contributed by atoms with van der Waals surface area (Å²) in [4.78, 5) is 16.1. The Morgan fingerprint density at radius 1 is 1.14 bits per heavy atom. The van der Waals surface area contributed by atoms with E-state index >= 15 is 0 Å². The molecule has 1 fully saturated rings. The van der Waals surface area contributed by atoms with Gasteiger partial charge in [-0.05, 0) is 22.9 Å². The van der Waals surface area contributed by atoms with E-state index in [0.717, 1.165) is 37.3 Å². The summed E-state index contributed by atoms with van der Waals surface area (Å²) >= 11 is 0. The largest absolute Gasteiger partial charge is 0.491 e. The lowest BCUT2D eigenvalue weighted by atomic mass is 10.1. The zero-order chi connectivity index (χ0) is 19.8. The number of ether oxygens (including phenoxy) is 1. The van der Waals surface area contributed by atoms with Crippen molar-refractivity contribution in [3.05, 3.63) is 55.1 Å². The maximum Gasteiger partial charge on any atom is 0.234 e. The van der Waals surface area contributed by atoms with E-state index in [1.54, 1.807) is 6.08 Å². The Balaban J connectivity index is 1.37. The van der Waals surface area contributed by atoms with Gasteiger partial charge in [-0.25, -0.2) is 0 Å². The Hall–Kier alpha value is -2.41. The van der Waals surface area contributed by atoms with Gasteiger partial charge in [-0.2, -0.15) is 0 Å². The molecule has 2 N–H and O–H groups in total. The first kappa shape index (κ1) is 20.3. The van der Waals surface area contributed by atoms with E-state index < -0.39 is 6.10 Å². The molecule has 28 heavy (non-hydrogen) atoms. The highest BCUT2D eigenvalue weighted by atomic mass is 16.5. The lowest BCUT2D eigenvalue weighted by Gasteiger charge is -2.35. The number of β-amino-alcohol motifs (C(OH)–C–C–N with tert-alkyl or cyclic N) is 1. The second-order valence-electron chi connectivity index (χ2n) is 7.14. The number of amides is 1. The summed E-state index contributed by atoms with van der Waals surface area (Å²) < 4.78 is 5.78. The summed E-state index contributed by atoms with van der Waals surface area (Å²) in [7, 11) is 0. The number of piperazine rings is 1. The van der Waals surface area contributed by atoms with E-state index in [1.807, 2.05) is 30.3 Å². The molecule has 3 rings (SSSR count). The van der Waals surface area contributed by atoms with E-state index in [9.17, 15) is 9.90 Å². The Morgan fingerprint density at radius 2 is 1.86 bits per heavy atom. The number of nitrogens with zero attached hydrogens (tertiary/aromatic N) is 2.